The lowest BCUT2D eigenvalue weighted by Gasteiger charge is -2.22. The molecule has 1 unspecified atom stereocenters. The van der Waals surface area contributed by atoms with Gasteiger partial charge in [0, 0.05) is 6.42 Å². The summed E-state index contributed by atoms with van der Waals surface area (Å²) in [6.45, 7) is 5.62. The molecular formula is C7H12O2. The molecule has 0 aromatic carbocycles. The summed E-state index contributed by atoms with van der Waals surface area (Å²) in [4.78, 5) is 10.6. The van der Waals surface area contributed by atoms with E-state index >= 15 is 0 Å². The number of carbonyl (C=O) groups is 1. The Morgan fingerprint density at radius 2 is 1.89 bits per heavy atom. The maximum atomic E-state index is 10.6. The highest BCUT2D eigenvalue weighted by Crippen LogP contribution is 2.45. The number of carbonyl (C=O) groups excluding carboxylic acids is 1. The van der Waals surface area contributed by atoms with Crippen molar-refractivity contribution in [1.82, 2.24) is 0 Å². The summed E-state index contributed by atoms with van der Waals surface area (Å²) in [5.41, 5.74) is -1.27. The minimum absolute atomic E-state index is 0.0185. The van der Waals surface area contributed by atoms with E-state index in [1.165, 1.54) is 0 Å². The predicted molar refractivity (Wildman–Crippen MR) is 34.0 cm³/mol. The highest BCUT2D eigenvalue weighted by Gasteiger charge is 2.60. The van der Waals surface area contributed by atoms with Crippen molar-refractivity contribution < 1.29 is 9.90 Å². The van der Waals surface area contributed by atoms with E-state index in [9.17, 15) is 9.90 Å². The molecule has 0 heterocycles. The molecule has 1 N–H and O–H groups in total. The van der Waals surface area contributed by atoms with Gasteiger partial charge in [-0.05, 0) is 5.41 Å². The zero-order chi connectivity index (χ0) is 7.28. The van der Waals surface area contributed by atoms with Crippen LogP contribution in [0.5, 0.6) is 0 Å². The highest BCUT2D eigenvalue weighted by molar-refractivity contribution is 6.04. The van der Waals surface area contributed by atoms with Gasteiger partial charge in [0.1, 0.15) is 5.60 Å². The molecule has 0 aliphatic heterocycles. The topological polar surface area (TPSA) is 37.3 Å². The minimum atomic E-state index is -0.993. The standard InChI is InChI=1S/C7H12O2/c1-6(2,3)7(9)4-5(7)8/h9H,4H2,1-3H3. The molecule has 0 spiro atoms. The minimum Gasteiger partial charge on any atom is -0.381 e. The van der Waals surface area contributed by atoms with Crippen molar-refractivity contribution in [2.45, 2.75) is 32.8 Å². The lowest BCUT2D eigenvalue weighted by atomic mass is 9.87. The van der Waals surface area contributed by atoms with Crippen LogP contribution in [0, 0.1) is 5.41 Å². The number of Topliss-reactive ketones (excluding diaryl/α,β-unsaturated/α-hetero) is 1. The predicted octanol–water partition coefficient (Wildman–Crippen LogP) is 0.736. The van der Waals surface area contributed by atoms with Gasteiger partial charge in [0.05, 0.1) is 0 Å². The van der Waals surface area contributed by atoms with Crippen molar-refractivity contribution in [3.05, 3.63) is 0 Å². The lowest BCUT2D eigenvalue weighted by Crippen LogP contribution is -2.30. The largest absolute Gasteiger partial charge is 0.381 e. The van der Waals surface area contributed by atoms with Crippen molar-refractivity contribution in [1.29, 1.82) is 0 Å². The van der Waals surface area contributed by atoms with Crippen LogP contribution in [0.1, 0.15) is 27.2 Å². The first kappa shape index (κ1) is 6.75. The normalized spacial score (nSPS) is 34.9. The maximum Gasteiger partial charge on any atom is 0.168 e. The zero-order valence-electron chi connectivity index (χ0n) is 6.06. The average Bonchev–Trinajstić information content (AvgIpc) is 2.13. The van der Waals surface area contributed by atoms with Gasteiger partial charge < -0.3 is 5.11 Å². The summed E-state index contributed by atoms with van der Waals surface area (Å²) in [7, 11) is 0. The molecule has 52 valence electrons. The summed E-state index contributed by atoms with van der Waals surface area (Å²) in [6.07, 6.45) is 0.344. The van der Waals surface area contributed by atoms with Crippen LogP contribution in [0.3, 0.4) is 0 Å². The summed E-state index contributed by atoms with van der Waals surface area (Å²) >= 11 is 0. The molecular weight excluding hydrogens is 116 g/mol. The van der Waals surface area contributed by atoms with Gasteiger partial charge in [-0.3, -0.25) is 4.79 Å². The number of aliphatic hydroxyl groups is 1. The smallest absolute Gasteiger partial charge is 0.168 e. The number of hydrogen-bond acceptors (Lipinski definition) is 2. The van der Waals surface area contributed by atoms with Gasteiger partial charge in [-0.15, -0.1) is 0 Å². The monoisotopic (exact) mass is 128 g/mol. The SMILES string of the molecule is CC(C)(C)C1(O)CC1=O. The molecule has 0 amide bonds. The third-order valence-electron chi connectivity index (χ3n) is 1.99. The van der Waals surface area contributed by atoms with Crippen LogP contribution in [0.15, 0.2) is 0 Å². The van der Waals surface area contributed by atoms with Crippen molar-refractivity contribution in [3.8, 4) is 0 Å². The van der Waals surface area contributed by atoms with Crippen LogP contribution in [0.2, 0.25) is 0 Å². The molecule has 1 aliphatic rings. The first-order valence-corrected chi connectivity index (χ1v) is 3.13. The van der Waals surface area contributed by atoms with Crippen LogP contribution < -0.4 is 0 Å². The fourth-order valence-electron chi connectivity index (χ4n) is 0.872. The maximum absolute atomic E-state index is 10.6. The van der Waals surface area contributed by atoms with E-state index in [2.05, 4.69) is 0 Å². The Morgan fingerprint density at radius 1 is 1.56 bits per heavy atom. The van der Waals surface area contributed by atoms with Crippen LogP contribution in [-0.2, 0) is 4.79 Å². The van der Waals surface area contributed by atoms with Gasteiger partial charge in [0.15, 0.2) is 5.78 Å². The summed E-state index contributed by atoms with van der Waals surface area (Å²) < 4.78 is 0. The van der Waals surface area contributed by atoms with Crippen LogP contribution in [0.4, 0.5) is 0 Å². The Kier molecular flexibility index (Phi) is 1.03. The number of hydrogen-bond donors (Lipinski definition) is 1. The molecule has 1 fully saturated rings. The second kappa shape index (κ2) is 1.37. The van der Waals surface area contributed by atoms with E-state index in [0.29, 0.717) is 6.42 Å². The molecule has 0 saturated heterocycles. The van der Waals surface area contributed by atoms with Crippen molar-refractivity contribution in [2.75, 3.05) is 0 Å². The summed E-state index contributed by atoms with van der Waals surface area (Å²) in [5.74, 6) is -0.0185. The second-order valence-corrected chi connectivity index (χ2v) is 3.71. The van der Waals surface area contributed by atoms with Crippen molar-refractivity contribution in [3.63, 3.8) is 0 Å². The van der Waals surface area contributed by atoms with E-state index < -0.39 is 5.60 Å². The van der Waals surface area contributed by atoms with Crippen molar-refractivity contribution in [2.24, 2.45) is 5.41 Å². The molecule has 9 heavy (non-hydrogen) atoms. The summed E-state index contributed by atoms with van der Waals surface area (Å²) in [6, 6.07) is 0. The Balaban J connectivity index is 2.76. The third kappa shape index (κ3) is 0.778. The van der Waals surface area contributed by atoms with E-state index in [0.717, 1.165) is 0 Å². The molecule has 1 aliphatic carbocycles. The Bertz CT molecular complexity index is 155. The molecule has 0 aromatic heterocycles. The molecule has 1 rings (SSSR count). The lowest BCUT2D eigenvalue weighted by molar-refractivity contribution is -0.119. The first-order chi connectivity index (χ1) is 3.88. The molecule has 0 radical (unpaired) electrons. The van der Waals surface area contributed by atoms with Crippen LogP contribution >= 0.6 is 0 Å². The number of ketones is 1. The van der Waals surface area contributed by atoms with Gasteiger partial charge >= 0.3 is 0 Å². The van der Waals surface area contributed by atoms with Crippen molar-refractivity contribution >= 4 is 5.78 Å². The van der Waals surface area contributed by atoms with Crippen LogP contribution in [0.25, 0.3) is 0 Å². The fourth-order valence-corrected chi connectivity index (χ4v) is 0.872. The van der Waals surface area contributed by atoms with E-state index in [1.54, 1.807) is 0 Å². The van der Waals surface area contributed by atoms with E-state index in [1.807, 2.05) is 20.8 Å². The van der Waals surface area contributed by atoms with Gasteiger partial charge in [-0.1, -0.05) is 20.8 Å². The Labute approximate surface area is 54.9 Å². The van der Waals surface area contributed by atoms with E-state index in [4.69, 9.17) is 0 Å². The van der Waals surface area contributed by atoms with E-state index in [-0.39, 0.29) is 11.2 Å². The molecule has 1 atom stereocenters. The Morgan fingerprint density at radius 3 is 1.89 bits per heavy atom. The van der Waals surface area contributed by atoms with Gasteiger partial charge in [0.25, 0.3) is 0 Å². The Hall–Kier alpha value is -0.370. The molecule has 2 heteroatoms. The highest BCUT2D eigenvalue weighted by atomic mass is 16.3. The zero-order valence-corrected chi connectivity index (χ0v) is 6.06. The average molecular weight is 128 g/mol. The first-order valence-electron chi connectivity index (χ1n) is 3.13. The van der Waals surface area contributed by atoms with Gasteiger partial charge in [-0.2, -0.15) is 0 Å². The summed E-state index contributed by atoms with van der Waals surface area (Å²) in [5, 5.41) is 9.38. The van der Waals surface area contributed by atoms with Crippen LogP contribution in [-0.4, -0.2) is 16.5 Å². The quantitative estimate of drug-likeness (QED) is 0.522. The molecule has 1 saturated carbocycles. The van der Waals surface area contributed by atoms with Gasteiger partial charge in [-0.25, -0.2) is 0 Å². The number of rotatable bonds is 0. The van der Waals surface area contributed by atoms with Gasteiger partial charge in [0.2, 0.25) is 0 Å². The third-order valence-corrected chi connectivity index (χ3v) is 1.99. The second-order valence-electron chi connectivity index (χ2n) is 3.71. The molecule has 2 nitrogen and oxygen atoms in total. The molecule has 0 bridgehead atoms. The fraction of sp³-hybridized carbons (Fsp3) is 0.857. The molecule has 0 aromatic rings.